The van der Waals surface area contributed by atoms with Gasteiger partial charge in [-0.15, -0.1) is 0 Å². The van der Waals surface area contributed by atoms with E-state index >= 15 is 0 Å². The third kappa shape index (κ3) is 2.84. The number of benzene rings is 1. The van der Waals surface area contributed by atoms with Crippen molar-refractivity contribution < 1.29 is 9.53 Å². The number of hydrogen-bond donors (Lipinski definition) is 0. The second kappa shape index (κ2) is 5.42. The molecule has 1 aliphatic heterocycles. The van der Waals surface area contributed by atoms with Gasteiger partial charge in [0.05, 0.1) is 7.11 Å². The van der Waals surface area contributed by atoms with Crippen molar-refractivity contribution in [3.63, 3.8) is 0 Å². The number of rotatable bonds is 2. The summed E-state index contributed by atoms with van der Waals surface area (Å²) >= 11 is 0. The number of amides is 1. The van der Waals surface area contributed by atoms with E-state index in [2.05, 4.69) is 13.8 Å². The molecule has 0 aromatic heterocycles. The Labute approximate surface area is 109 Å². The average Bonchev–Trinajstić information content (AvgIpc) is 2.37. The van der Waals surface area contributed by atoms with Crippen LogP contribution in [0.25, 0.3) is 0 Å². The fourth-order valence-electron chi connectivity index (χ4n) is 2.74. The van der Waals surface area contributed by atoms with Crippen molar-refractivity contribution in [3.05, 3.63) is 29.8 Å². The molecule has 3 heteroatoms. The van der Waals surface area contributed by atoms with Crippen LogP contribution in [0.4, 0.5) is 0 Å². The second-order valence-electron chi connectivity index (χ2n) is 5.38. The molecule has 0 spiro atoms. The zero-order valence-electron chi connectivity index (χ0n) is 11.3. The van der Waals surface area contributed by atoms with E-state index in [0.29, 0.717) is 11.8 Å². The number of likely N-dealkylation sites (tertiary alicyclic amines) is 1. The summed E-state index contributed by atoms with van der Waals surface area (Å²) in [7, 11) is 1.63. The molecule has 1 amide bonds. The van der Waals surface area contributed by atoms with Crippen molar-refractivity contribution in [3.8, 4) is 5.75 Å². The van der Waals surface area contributed by atoms with Crippen molar-refractivity contribution >= 4 is 5.91 Å². The number of methoxy groups -OCH3 is 1. The molecule has 0 N–H and O–H groups in total. The van der Waals surface area contributed by atoms with E-state index in [9.17, 15) is 4.79 Å². The van der Waals surface area contributed by atoms with Crippen molar-refractivity contribution in [2.75, 3.05) is 20.2 Å². The van der Waals surface area contributed by atoms with Crippen LogP contribution in [-0.4, -0.2) is 31.0 Å². The summed E-state index contributed by atoms with van der Waals surface area (Å²) in [5.41, 5.74) is 0.747. The van der Waals surface area contributed by atoms with Gasteiger partial charge in [0.1, 0.15) is 5.75 Å². The lowest BCUT2D eigenvalue weighted by Gasteiger charge is -2.35. The molecular weight excluding hydrogens is 226 g/mol. The standard InChI is InChI=1S/C15H21NO2/c1-11-8-12(2)10-16(9-11)15(17)13-4-6-14(18-3)7-5-13/h4-7,11-12H,8-10H2,1-3H3. The largest absolute Gasteiger partial charge is 0.497 e. The van der Waals surface area contributed by atoms with E-state index in [1.165, 1.54) is 6.42 Å². The normalized spacial score (nSPS) is 23.8. The van der Waals surface area contributed by atoms with Gasteiger partial charge in [-0.1, -0.05) is 13.8 Å². The average molecular weight is 247 g/mol. The maximum absolute atomic E-state index is 12.4. The Hall–Kier alpha value is -1.51. The highest BCUT2D eigenvalue weighted by Gasteiger charge is 2.25. The van der Waals surface area contributed by atoms with E-state index in [0.717, 1.165) is 24.4 Å². The highest BCUT2D eigenvalue weighted by molar-refractivity contribution is 5.94. The van der Waals surface area contributed by atoms with Crippen LogP contribution in [0.15, 0.2) is 24.3 Å². The zero-order chi connectivity index (χ0) is 13.1. The zero-order valence-corrected chi connectivity index (χ0v) is 11.3. The van der Waals surface area contributed by atoms with Gasteiger partial charge in [0.15, 0.2) is 0 Å². The Morgan fingerprint density at radius 3 is 2.22 bits per heavy atom. The first-order valence-electron chi connectivity index (χ1n) is 6.53. The van der Waals surface area contributed by atoms with Gasteiger partial charge in [-0.05, 0) is 42.5 Å². The maximum Gasteiger partial charge on any atom is 0.253 e. The summed E-state index contributed by atoms with van der Waals surface area (Å²) in [4.78, 5) is 14.3. The Bertz CT molecular complexity index is 403. The number of piperidine rings is 1. The van der Waals surface area contributed by atoms with Crippen LogP contribution < -0.4 is 4.74 Å². The van der Waals surface area contributed by atoms with Crippen LogP contribution in [0, 0.1) is 11.8 Å². The van der Waals surface area contributed by atoms with Crippen molar-refractivity contribution in [2.24, 2.45) is 11.8 Å². The molecule has 0 radical (unpaired) electrons. The number of nitrogens with zero attached hydrogens (tertiary/aromatic N) is 1. The fourth-order valence-corrected chi connectivity index (χ4v) is 2.74. The molecule has 98 valence electrons. The van der Waals surface area contributed by atoms with E-state index in [-0.39, 0.29) is 5.91 Å². The summed E-state index contributed by atoms with van der Waals surface area (Å²) in [6.45, 7) is 6.17. The van der Waals surface area contributed by atoms with Gasteiger partial charge in [0, 0.05) is 18.7 Å². The number of carbonyl (C=O) groups excluding carboxylic acids is 1. The van der Waals surface area contributed by atoms with Crippen LogP contribution >= 0.6 is 0 Å². The Kier molecular flexibility index (Phi) is 3.90. The number of ether oxygens (including phenoxy) is 1. The molecule has 3 nitrogen and oxygen atoms in total. The van der Waals surface area contributed by atoms with Gasteiger partial charge < -0.3 is 9.64 Å². The molecule has 1 heterocycles. The predicted molar refractivity (Wildman–Crippen MR) is 71.8 cm³/mol. The first-order valence-corrected chi connectivity index (χ1v) is 6.53. The van der Waals surface area contributed by atoms with Gasteiger partial charge in [-0.25, -0.2) is 0 Å². The minimum Gasteiger partial charge on any atom is -0.497 e. The van der Waals surface area contributed by atoms with Gasteiger partial charge in [0.25, 0.3) is 5.91 Å². The summed E-state index contributed by atoms with van der Waals surface area (Å²) in [6, 6.07) is 7.35. The molecule has 0 bridgehead atoms. The lowest BCUT2D eigenvalue weighted by atomic mass is 9.91. The molecule has 1 aromatic carbocycles. The molecule has 18 heavy (non-hydrogen) atoms. The van der Waals surface area contributed by atoms with Crippen molar-refractivity contribution in [1.29, 1.82) is 0 Å². The predicted octanol–water partition coefficient (Wildman–Crippen LogP) is 2.81. The number of hydrogen-bond acceptors (Lipinski definition) is 2. The third-order valence-electron chi connectivity index (χ3n) is 3.49. The fraction of sp³-hybridized carbons (Fsp3) is 0.533. The molecule has 0 aliphatic carbocycles. The summed E-state index contributed by atoms with van der Waals surface area (Å²) in [5, 5.41) is 0. The van der Waals surface area contributed by atoms with Gasteiger partial charge in [0.2, 0.25) is 0 Å². The Balaban J connectivity index is 2.09. The molecule has 1 aromatic rings. The van der Waals surface area contributed by atoms with Crippen molar-refractivity contribution in [2.45, 2.75) is 20.3 Å². The minimum atomic E-state index is 0.135. The summed E-state index contributed by atoms with van der Waals surface area (Å²) in [6.07, 6.45) is 1.21. The third-order valence-corrected chi connectivity index (χ3v) is 3.49. The highest BCUT2D eigenvalue weighted by Crippen LogP contribution is 2.23. The maximum atomic E-state index is 12.4. The van der Waals surface area contributed by atoms with E-state index in [1.807, 2.05) is 29.2 Å². The molecule has 1 fully saturated rings. The lowest BCUT2D eigenvalue weighted by Crippen LogP contribution is -2.42. The molecular formula is C15H21NO2. The second-order valence-corrected chi connectivity index (χ2v) is 5.38. The molecule has 1 aliphatic rings. The van der Waals surface area contributed by atoms with E-state index < -0.39 is 0 Å². The molecule has 0 saturated carbocycles. The summed E-state index contributed by atoms with van der Waals surface area (Å²) in [5.74, 6) is 2.11. The van der Waals surface area contributed by atoms with Crippen LogP contribution in [0.3, 0.4) is 0 Å². The SMILES string of the molecule is COc1ccc(C(=O)N2CC(C)CC(C)C2)cc1. The monoisotopic (exact) mass is 247 g/mol. The van der Waals surface area contributed by atoms with Crippen LogP contribution in [0.2, 0.25) is 0 Å². The van der Waals surface area contributed by atoms with Crippen LogP contribution in [0.5, 0.6) is 5.75 Å². The van der Waals surface area contributed by atoms with Gasteiger partial charge in [-0.3, -0.25) is 4.79 Å². The quantitative estimate of drug-likeness (QED) is 0.804. The molecule has 2 rings (SSSR count). The van der Waals surface area contributed by atoms with Crippen LogP contribution in [-0.2, 0) is 0 Å². The minimum absolute atomic E-state index is 0.135. The Morgan fingerprint density at radius 1 is 1.17 bits per heavy atom. The van der Waals surface area contributed by atoms with Gasteiger partial charge >= 0.3 is 0 Å². The molecule has 1 saturated heterocycles. The Morgan fingerprint density at radius 2 is 1.72 bits per heavy atom. The van der Waals surface area contributed by atoms with Crippen molar-refractivity contribution in [1.82, 2.24) is 4.90 Å². The van der Waals surface area contributed by atoms with E-state index in [4.69, 9.17) is 4.74 Å². The number of carbonyl (C=O) groups is 1. The highest BCUT2D eigenvalue weighted by atomic mass is 16.5. The van der Waals surface area contributed by atoms with E-state index in [1.54, 1.807) is 7.11 Å². The lowest BCUT2D eigenvalue weighted by molar-refractivity contribution is 0.0623. The molecule has 2 unspecified atom stereocenters. The van der Waals surface area contributed by atoms with Gasteiger partial charge in [-0.2, -0.15) is 0 Å². The topological polar surface area (TPSA) is 29.5 Å². The van der Waals surface area contributed by atoms with Crippen LogP contribution in [0.1, 0.15) is 30.6 Å². The first kappa shape index (κ1) is 12.9. The molecule has 2 atom stereocenters. The summed E-state index contributed by atoms with van der Waals surface area (Å²) < 4.78 is 5.10. The first-order chi connectivity index (χ1) is 8.60. The smallest absolute Gasteiger partial charge is 0.253 e.